The summed E-state index contributed by atoms with van der Waals surface area (Å²) in [6, 6.07) is 4.83. The van der Waals surface area contributed by atoms with E-state index in [1.54, 1.807) is 19.1 Å². The minimum absolute atomic E-state index is 0.252. The van der Waals surface area contributed by atoms with Gasteiger partial charge in [-0.05, 0) is 57.4 Å². The first-order valence-electron chi connectivity index (χ1n) is 7.18. The summed E-state index contributed by atoms with van der Waals surface area (Å²) in [6.45, 7) is 5.84. The smallest absolute Gasteiger partial charge is 0.335 e. The van der Waals surface area contributed by atoms with Crippen LogP contribution in [0.25, 0.3) is 0 Å². The Labute approximate surface area is 125 Å². The molecule has 0 saturated heterocycles. The molecule has 1 heterocycles. The van der Waals surface area contributed by atoms with Crippen molar-refractivity contribution in [3.05, 3.63) is 41.0 Å². The standard InChI is InChI=1S/C17H22O4/c1-11(2)5-4-8-17(3,20)15-10-13-9-12(16(18)19)6-7-14(13)21-15/h5-7,9,15,20H,4,8,10H2,1-3H3,(H,18,19). The van der Waals surface area contributed by atoms with Crippen molar-refractivity contribution in [3.63, 3.8) is 0 Å². The molecule has 21 heavy (non-hydrogen) atoms. The van der Waals surface area contributed by atoms with E-state index in [1.807, 2.05) is 13.8 Å². The van der Waals surface area contributed by atoms with Crippen LogP contribution in [0.4, 0.5) is 0 Å². The molecule has 2 rings (SSSR count). The number of rotatable bonds is 5. The van der Waals surface area contributed by atoms with Crippen molar-refractivity contribution in [2.24, 2.45) is 0 Å². The monoisotopic (exact) mass is 290 g/mol. The quantitative estimate of drug-likeness (QED) is 0.817. The number of aromatic carboxylic acids is 1. The van der Waals surface area contributed by atoms with Crippen molar-refractivity contribution in [2.75, 3.05) is 0 Å². The molecule has 2 N–H and O–H groups in total. The van der Waals surface area contributed by atoms with Crippen LogP contribution < -0.4 is 4.74 Å². The van der Waals surface area contributed by atoms with Gasteiger partial charge in [-0.25, -0.2) is 4.79 Å². The van der Waals surface area contributed by atoms with Crippen LogP contribution in [-0.2, 0) is 6.42 Å². The Balaban J connectivity index is 2.07. The predicted molar refractivity (Wildman–Crippen MR) is 80.8 cm³/mol. The number of hydrogen-bond acceptors (Lipinski definition) is 3. The fourth-order valence-corrected chi connectivity index (χ4v) is 2.54. The number of benzene rings is 1. The SMILES string of the molecule is CC(C)=CCCC(C)(O)C1Cc2cc(C(=O)O)ccc2O1. The lowest BCUT2D eigenvalue weighted by Crippen LogP contribution is -2.42. The molecule has 4 nitrogen and oxygen atoms in total. The van der Waals surface area contributed by atoms with Gasteiger partial charge in [-0.15, -0.1) is 0 Å². The van der Waals surface area contributed by atoms with E-state index >= 15 is 0 Å². The Morgan fingerprint density at radius 1 is 1.48 bits per heavy atom. The Morgan fingerprint density at radius 3 is 2.81 bits per heavy atom. The third-order valence-corrected chi connectivity index (χ3v) is 3.88. The van der Waals surface area contributed by atoms with Gasteiger partial charge in [0.1, 0.15) is 11.9 Å². The van der Waals surface area contributed by atoms with Crippen LogP contribution in [0.15, 0.2) is 29.8 Å². The highest BCUT2D eigenvalue weighted by atomic mass is 16.5. The second-order valence-corrected chi connectivity index (χ2v) is 6.12. The molecular weight excluding hydrogens is 268 g/mol. The van der Waals surface area contributed by atoms with E-state index in [9.17, 15) is 9.90 Å². The first-order chi connectivity index (χ1) is 9.79. The van der Waals surface area contributed by atoms with Crippen LogP contribution in [0, 0.1) is 0 Å². The normalized spacial score (nSPS) is 19.3. The van der Waals surface area contributed by atoms with Crippen molar-refractivity contribution in [2.45, 2.75) is 51.7 Å². The van der Waals surface area contributed by atoms with Gasteiger partial charge in [-0.2, -0.15) is 0 Å². The lowest BCUT2D eigenvalue weighted by molar-refractivity contribution is -0.0433. The van der Waals surface area contributed by atoms with Gasteiger partial charge in [0.15, 0.2) is 0 Å². The molecule has 0 bridgehead atoms. The topological polar surface area (TPSA) is 66.8 Å². The van der Waals surface area contributed by atoms with Crippen LogP contribution in [0.2, 0.25) is 0 Å². The molecular formula is C17H22O4. The maximum Gasteiger partial charge on any atom is 0.335 e. The van der Waals surface area contributed by atoms with E-state index in [4.69, 9.17) is 9.84 Å². The molecule has 4 heteroatoms. The van der Waals surface area contributed by atoms with E-state index < -0.39 is 11.6 Å². The predicted octanol–water partition coefficient (Wildman–Crippen LogP) is 3.19. The Kier molecular flexibility index (Phi) is 4.37. The molecule has 0 aliphatic carbocycles. The molecule has 0 spiro atoms. The van der Waals surface area contributed by atoms with Gasteiger partial charge >= 0.3 is 5.97 Å². The molecule has 114 valence electrons. The number of hydrogen-bond donors (Lipinski definition) is 2. The molecule has 0 fully saturated rings. The summed E-state index contributed by atoms with van der Waals surface area (Å²) >= 11 is 0. The largest absolute Gasteiger partial charge is 0.487 e. The molecule has 0 saturated carbocycles. The Hall–Kier alpha value is -1.81. The van der Waals surface area contributed by atoms with Crippen molar-refractivity contribution < 1.29 is 19.7 Å². The van der Waals surface area contributed by atoms with Gasteiger partial charge in [0.05, 0.1) is 11.2 Å². The zero-order valence-electron chi connectivity index (χ0n) is 12.7. The van der Waals surface area contributed by atoms with E-state index in [0.717, 1.165) is 12.0 Å². The molecule has 1 aromatic carbocycles. The fraction of sp³-hybridized carbons (Fsp3) is 0.471. The number of carbonyl (C=O) groups is 1. The highest BCUT2D eigenvalue weighted by Crippen LogP contribution is 2.35. The summed E-state index contributed by atoms with van der Waals surface area (Å²) in [4.78, 5) is 11.0. The number of carboxylic acid groups (broad SMARTS) is 1. The lowest BCUT2D eigenvalue weighted by Gasteiger charge is -2.29. The molecule has 0 radical (unpaired) electrons. The molecule has 1 aliphatic heterocycles. The second-order valence-electron chi connectivity index (χ2n) is 6.12. The molecule has 2 atom stereocenters. The molecule has 1 aliphatic rings. The fourth-order valence-electron chi connectivity index (χ4n) is 2.54. The van der Waals surface area contributed by atoms with Gasteiger partial charge in [-0.3, -0.25) is 0 Å². The maximum absolute atomic E-state index is 11.0. The average molecular weight is 290 g/mol. The lowest BCUT2D eigenvalue weighted by atomic mass is 9.90. The van der Waals surface area contributed by atoms with Gasteiger partial charge in [0.2, 0.25) is 0 Å². The number of ether oxygens (including phenoxy) is 1. The summed E-state index contributed by atoms with van der Waals surface area (Å²) in [5.41, 5.74) is 1.39. The highest BCUT2D eigenvalue weighted by molar-refractivity contribution is 5.88. The summed E-state index contributed by atoms with van der Waals surface area (Å²) in [7, 11) is 0. The van der Waals surface area contributed by atoms with Crippen molar-refractivity contribution >= 4 is 5.97 Å². The van der Waals surface area contributed by atoms with Gasteiger partial charge in [-0.1, -0.05) is 11.6 Å². The first kappa shape index (κ1) is 15.6. The number of fused-ring (bicyclic) bond motifs is 1. The Bertz CT molecular complexity index is 568. The second kappa shape index (κ2) is 5.90. The van der Waals surface area contributed by atoms with E-state index in [2.05, 4.69) is 6.08 Å². The van der Waals surface area contributed by atoms with E-state index in [1.165, 1.54) is 11.6 Å². The summed E-state index contributed by atoms with van der Waals surface area (Å²) < 4.78 is 5.80. The third kappa shape index (κ3) is 3.64. The van der Waals surface area contributed by atoms with Crippen LogP contribution in [0.5, 0.6) is 5.75 Å². The van der Waals surface area contributed by atoms with Crippen LogP contribution >= 0.6 is 0 Å². The highest BCUT2D eigenvalue weighted by Gasteiger charge is 2.38. The zero-order valence-corrected chi connectivity index (χ0v) is 12.7. The molecule has 1 aromatic rings. The zero-order chi connectivity index (χ0) is 15.6. The molecule has 0 aromatic heterocycles. The molecule has 2 unspecified atom stereocenters. The van der Waals surface area contributed by atoms with Crippen LogP contribution in [-0.4, -0.2) is 27.9 Å². The number of carboxylic acids is 1. The van der Waals surface area contributed by atoms with Gasteiger partial charge in [0.25, 0.3) is 0 Å². The summed E-state index contributed by atoms with van der Waals surface area (Å²) in [5.74, 6) is -0.274. The average Bonchev–Trinajstić information content (AvgIpc) is 2.81. The number of allylic oxidation sites excluding steroid dienone is 2. The van der Waals surface area contributed by atoms with Gasteiger partial charge in [0, 0.05) is 6.42 Å². The van der Waals surface area contributed by atoms with Crippen LogP contribution in [0.3, 0.4) is 0 Å². The van der Waals surface area contributed by atoms with E-state index in [-0.39, 0.29) is 11.7 Å². The van der Waals surface area contributed by atoms with Crippen molar-refractivity contribution in [1.29, 1.82) is 0 Å². The summed E-state index contributed by atoms with van der Waals surface area (Å²) in [6.07, 6.45) is 3.72. The van der Waals surface area contributed by atoms with Crippen molar-refractivity contribution in [3.8, 4) is 5.75 Å². The molecule has 0 amide bonds. The minimum Gasteiger partial charge on any atom is -0.487 e. The third-order valence-electron chi connectivity index (χ3n) is 3.88. The van der Waals surface area contributed by atoms with Gasteiger partial charge < -0.3 is 14.9 Å². The maximum atomic E-state index is 11.0. The Morgan fingerprint density at radius 2 is 2.19 bits per heavy atom. The number of aliphatic hydroxyl groups is 1. The summed E-state index contributed by atoms with van der Waals surface area (Å²) in [5, 5.41) is 19.6. The van der Waals surface area contributed by atoms with Crippen molar-refractivity contribution in [1.82, 2.24) is 0 Å². The minimum atomic E-state index is -0.948. The van der Waals surface area contributed by atoms with E-state index in [0.29, 0.717) is 18.6 Å². The van der Waals surface area contributed by atoms with Crippen LogP contribution in [0.1, 0.15) is 49.5 Å². The first-order valence-corrected chi connectivity index (χ1v) is 7.18.